The highest BCUT2D eigenvalue weighted by molar-refractivity contribution is 7.16. The van der Waals surface area contributed by atoms with Crippen LogP contribution in [0.15, 0.2) is 12.1 Å². The van der Waals surface area contributed by atoms with Gasteiger partial charge in [0.1, 0.15) is 0 Å². The molecule has 2 fully saturated rings. The van der Waals surface area contributed by atoms with Crippen molar-refractivity contribution in [3.05, 3.63) is 21.3 Å². The summed E-state index contributed by atoms with van der Waals surface area (Å²) in [7, 11) is 0. The Morgan fingerprint density at radius 3 is 3.17 bits per heavy atom. The molecule has 0 saturated carbocycles. The number of hydrogen-bond acceptors (Lipinski definition) is 5. The van der Waals surface area contributed by atoms with E-state index in [0.717, 1.165) is 22.4 Å². The fourth-order valence-corrected chi connectivity index (χ4v) is 4.09. The van der Waals surface area contributed by atoms with Gasteiger partial charge in [0.2, 0.25) is 0 Å². The lowest BCUT2D eigenvalue weighted by Crippen LogP contribution is -2.51. The second kappa shape index (κ2) is 5.45. The van der Waals surface area contributed by atoms with Crippen molar-refractivity contribution in [2.45, 2.75) is 31.0 Å². The molecule has 3 atom stereocenters. The normalized spacial score (nSPS) is 30.3. The first-order chi connectivity index (χ1) is 8.78. The number of morpholine rings is 1. The predicted octanol–water partition coefficient (Wildman–Crippen LogP) is 1.77. The standard InChI is InChI=1S/C12H18ClN3OS/c13-11-4-3-10(18-11)12(15-14)9-6-16-5-1-2-8(16)7-17-9/h3-4,8-9,12,15H,1-2,5-7,14H2. The molecule has 2 aliphatic rings. The summed E-state index contributed by atoms with van der Waals surface area (Å²) < 4.78 is 6.78. The van der Waals surface area contributed by atoms with E-state index in [1.54, 1.807) is 11.3 Å². The summed E-state index contributed by atoms with van der Waals surface area (Å²) in [5.74, 6) is 5.70. The van der Waals surface area contributed by atoms with E-state index < -0.39 is 0 Å². The number of hydrazine groups is 1. The summed E-state index contributed by atoms with van der Waals surface area (Å²) in [6.45, 7) is 2.96. The Morgan fingerprint density at radius 1 is 1.56 bits per heavy atom. The number of nitrogens with one attached hydrogen (secondary N) is 1. The highest BCUT2D eigenvalue weighted by atomic mass is 35.5. The van der Waals surface area contributed by atoms with Crippen LogP contribution in [-0.2, 0) is 4.74 Å². The number of fused-ring (bicyclic) bond motifs is 1. The van der Waals surface area contributed by atoms with Crippen LogP contribution in [0.5, 0.6) is 0 Å². The van der Waals surface area contributed by atoms with Crippen LogP contribution in [0, 0.1) is 0 Å². The van der Waals surface area contributed by atoms with E-state index in [2.05, 4.69) is 10.3 Å². The molecule has 0 aromatic carbocycles. The molecule has 18 heavy (non-hydrogen) atoms. The molecule has 3 unspecified atom stereocenters. The lowest BCUT2D eigenvalue weighted by Gasteiger charge is -2.38. The van der Waals surface area contributed by atoms with Gasteiger partial charge in [-0.2, -0.15) is 0 Å². The van der Waals surface area contributed by atoms with Gasteiger partial charge in [0.25, 0.3) is 0 Å². The third kappa shape index (κ3) is 2.43. The summed E-state index contributed by atoms with van der Waals surface area (Å²) in [6, 6.07) is 4.58. The minimum absolute atomic E-state index is 0.0315. The van der Waals surface area contributed by atoms with Crippen molar-refractivity contribution in [2.24, 2.45) is 5.84 Å². The quantitative estimate of drug-likeness (QED) is 0.657. The summed E-state index contributed by atoms with van der Waals surface area (Å²) in [5, 5.41) is 0. The molecule has 0 spiro atoms. The average Bonchev–Trinajstić information content (AvgIpc) is 2.99. The second-order valence-electron chi connectivity index (χ2n) is 4.95. The minimum Gasteiger partial charge on any atom is -0.373 e. The molecular weight excluding hydrogens is 270 g/mol. The van der Waals surface area contributed by atoms with Gasteiger partial charge < -0.3 is 4.74 Å². The van der Waals surface area contributed by atoms with Crippen LogP contribution in [-0.4, -0.2) is 36.7 Å². The van der Waals surface area contributed by atoms with Crippen LogP contribution < -0.4 is 11.3 Å². The van der Waals surface area contributed by atoms with Gasteiger partial charge >= 0.3 is 0 Å². The Hall–Kier alpha value is -0.170. The molecule has 2 saturated heterocycles. The van der Waals surface area contributed by atoms with Gasteiger partial charge in [-0.3, -0.25) is 10.7 Å². The molecule has 1 aromatic heterocycles. The molecule has 0 bridgehead atoms. The zero-order chi connectivity index (χ0) is 12.5. The van der Waals surface area contributed by atoms with E-state index in [0.29, 0.717) is 6.04 Å². The molecule has 0 aliphatic carbocycles. The van der Waals surface area contributed by atoms with Crippen LogP contribution in [0.3, 0.4) is 0 Å². The van der Waals surface area contributed by atoms with Crippen molar-refractivity contribution in [2.75, 3.05) is 19.7 Å². The molecular formula is C12H18ClN3OS. The van der Waals surface area contributed by atoms with Crippen LogP contribution >= 0.6 is 22.9 Å². The first-order valence-electron chi connectivity index (χ1n) is 6.35. The number of halogens is 1. The monoisotopic (exact) mass is 287 g/mol. The van der Waals surface area contributed by atoms with Gasteiger partial charge in [0, 0.05) is 17.5 Å². The van der Waals surface area contributed by atoms with Crippen LogP contribution in [0.25, 0.3) is 0 Å². The maximum Gasteiger partial charge on any atom is 0.0931 e. The van der Waals surface area contributed by atoms with Gasteiger partial charge in [0.15, 0.2) is 0 Å². The Balaban J connectivity index is 1.72. The number of thiophene rings is 1. The Kier molecular flexibility index (Phi) is 3.89. The highest BCUT2D eigenvalue weighted by Gasteiger charge is 2.36. The van der Waals surface area contributed by atoms with Crippen molar-refractivity contribution in [3.8, 4) is 0 Å². The lowest BCUT2D eigenvalue weighted by atomic mass is 10.1. The van der Waals surface area contributed by atoms with Crippen LogP contribution in [0.2, 0.25) is 4.34 Å². The second-order valence-corrected chi connectivity index (χ2v) is 6.70. The third-order valence-electron chi connectivity index (χ3n) is 3.87. The molecule has 3 heterocycles. The first kappa shape index (κ1) is 12.8. The number of nitrogens with zero attached hydrogens (tertiary/aromatic N) is 1. The largest absolute Gasteiger partial charge is 0.373 e. The number of hydrogen-bond donors (Lipinski definition) is 2. The Labute approximate surface area is 116 Å². The molecule has 3 N–H and O–H groups in total. The average molecular weight is 288 g/mol. The molecule has 100 valence electrons. The zero-order valence-corrected chi connectivity index (χ0v) is 11.7. The topological polar surface area (TPSA) is 50.5 Å². The fraction of sp³-hybridized carbons (Fsp3) is 0.667. The third-order valence-corrected chi connectivity index (χ3v) is 5.18. The number of ether oxygens (including phenoxy) is 1. The highest BCUT2D eigenvalue weighted by Crippen LogP contribution is 2.32. The molecule has 6 heteroatoms. The van der Waals surface area contributed by atoms with Gasteiger partial charge in [-0.25, -0.2) is 5.43 Å². The maximum absolute atomic E-state index is 5.99. The van der Waals surface area contributed by atoms with Crippen molar-refractivity contribution in [1.29, 1.82) is 0 Å². The predicted molar refractivity (Wildman–Crippen MR) is 73.7 cm³/mol. The van der Waals surface area contributed by atoms with Crippen molar-refractivity contribution in [3.63, 3.8) is 0 Å². The van der Waals surface area contributed by atoms with E-state index in [1.807, 2.05) is 12.1 Å². The van der Waals surface area contributed by atoms with Gasteiger partial charge in [-0.05, 0) is 31.5 Å². The fourth-order valence-electron chi connectivity index (χ4n) is 2.91. The Morgan fingerprint density at radius 2 is 2.44 bits per heavy atom. The molecule has 4 nitrogen and oxygen atoms in total. The van der Waals surface area contributed by atoms with Gasteiger partial charge in [0.05, 0.1) is 23.1 Å². The maximum atomic E-state index is 5.99. The summed E-state index contributed by atoms with van der Waals surface area (Å²) in [4.78, 5) is 3.67. The molecule has 0 amide bonds. The summed E-state index contributed by atoms with van der Waals surface area (Å²) in [5.41, 5.74) is 2.88. The van der Waals surface area contributed by atoms with Crippen LogP contribution in [0.1, 0.15) is 23.8 Å². The van der Waals surface area contributed by atoms with Crippen molar-refractivity contribution < 1.29 is 4.74 Å². The van der Waals surface area contributed by atoms with Gasteiger partial charge in [-0.15, -0.1) is 11.3 Å². The molecule has 3 rings (SSSR count). The lowest BCUT2D eigenvalue weighted by molar-refractivity contribution is -0.0648. The summed E-state index contributed by atoms with van der Waals surface area (Å²) >= 11 is 7.55. The zero-order valence-electron chi connectivity index (χ0n) is 10.1. The minimum atomic E-state index is 0.0315. The van der Waals surface area contributed by atoms with E-state index >= 15 is 0 Å². The molecule has 0 radical (unpaired) electrons. The van der Waals surface area contributed by atoms with Crippen molar-refractivity contribution >= 4 is 22.9 Å². The van der Waals surface area contributed by atoms with E-state index in [1.165, 1.54) is 19.4 Å². The molecule has 2 aliphatic heterocycles. The van der Waals surface area contributed by atoms with Crippen LogP contribution in [0.4, 0.5) is 0 Å². The summed E-state index contributed by atoms with van der Waals surface area (Å²) in [6.07, 6.45) is 2.66. The smallest absolute Gasteiger partial charge is 0.0931 e. The van der Waals surface area contributed by atoms with E-state index in [9.17, 15) is 0 Å². The van der Waals surface area contributed by atoms with Crippen molar-refractivity contribution in [1.82, 2.24) is 10.3 Å². The van der Waals surface area contributed by atoms with E-state index in [4.69, 9.17) is 22.2 Å². The number of rotatable bonds is 3. The van der Waals surface area contributed by atoms with Gasteiger partial charge in [-0.1, -0.05) is 11.6 Å². The number of nitrogens with two attached hydrogens (primary N) is 1. The Bertz CT molecular complexity index is 414. The van der Waals surface area contributed by atoms with E-state index in [-0.39, 0.29) is 12.1 Å². The first-order valence-corrected chi connectivity index (χ1v) is 7.54. The molecule has 1 aromatic rings. The SMILES string of the molecule is NNC(c1ccc(Cl)s1)C1CN2CCCC2CO1.